The van der Waals surface area contributed by atoms with Crippen LogP contribution in [0, 0.1) is 11.8 Å². The topological polar surface area (TPSA) is 17.1 Å². The minimum atomic E-state index is -2.72. The van der Waals surface area contributed by atoms with Gasteiger partial charge in [-0.15, -0.1) is 11.8 Å². The van der Waals surface area contributed by atoms with Crippen LogP contribution in [0.5, 0.6) is 0 Å². The number of allylic oxidation sites excluding steroid dienone is 2. The Balaban J connectivity index is 1.77. The van der Waals surface area contributed by atoms with Gasteiger partial charge >= 0.3 is 0 Å². The standard InChI is InChI=1S/C26H33OPS/c1-26(2,3)29-23-17-18-25(24-16-10-11-20(24)19-23)28(27,21-12-6-4-7-13-21)22-14-8-5-9-15-22/h4-9,12-15,19-20,24-25H,10-11,16-18H2,1-3H3/t20-,24-,25-/m1/s1. The van der Waals surface area contributed by atoms with Gasteiger partial charge in [-0.1, -0.05) is 93.9 Å². The largest absolute Gasteiger partial charge is 0.313 e. The van der Waals surface area contributed by atoms with Gasteiger partial charge in [-0.25, -0.2) is 0 Å². The smallest absolute Gasteiger partial charge is 0.146 e. The molecule has 29 heavy (non-hydrogen) atoms. The molecule has 3 heteroatoms. The fraction of sp³-hybridized carbons (Fsp3) is 0.462. The van der Waals surface area contributed by atoms with Gasteiger partial charge in [0.2, 0.25) is 0 Å². The van der Waals surface area contributed by atoms with Crippen molar-refractivity contribution in [2.45, 2.75) is 63.3 Å². The van der Waals surface area contributed by atoms with Crippen LogP contribution >= 0.6 is 18.9 Å². The van der Waals surface area contributed by atoms with Crippen LogP contribution in [-0.2, 0) is 4.57 Å². The molecule has 0 aromatic heterocycles. The van der Waals surface area contributed by atoms with Crippen molar-refractivity contribution < 1.29 is 4.57 Å². The van der Waals surface area contributed by atoms with E-state index in [1.807, 2.05) is 48.2 Å². The quantitative estimate of drug-likeness (QED) is 0.492. The normalized spacial score (nSPS) is 25.2. The molecule has 0 N–H and O–H groups in total. The van der Waals surface area contributed by atoms with Gasteiger partial charge in [0, 0.05) is 21.0 Å². The zero-order valence-corrected chi connectivity index (χ0v) is 19.6. The maximum absolute atomic E-state index is 15.0. The molecular weight excluding hydrogens is 391 g/mol. The van der Waals surface area contributed by atoms with Crippen LogP contribution in [-0.4, -0.2) is 10.4 Å². The van der Waals surface area contributed by atoms with Crippen molar-refractivity contribution in [2.24, 2.45) is 11.8 Å². The molecule has 1 saturated carbocycles. The predicted octanol–water partition coefficient (Wildman–Crippen LogP) is 6.99. The van der Waals surface area contributed by atoms with Gasteiger partial charge < -0.3 is 4.57 Å². The molecule has 2 aliphatic carbocycles. The molecule has 0 radical (unpaired) electrons. The van der Waals surface area contributed by atoms with E-state index in [1.54, 1.807) is 0 Å². The summed E-state index contributed by atoms with van der Waals surface area (Å²) in [5.74, 6) is 1.10. The van der Waals surface area contributed by atoms with Crippen molar-refractivity contribution in [3.63, 3.8) is 0 Å². The van der Waals surface area contributed by atoms with Crippen molar-refractivity contribution in [3.05, 3.63) is 71.6 Å². The summed E-state index contributed by atoms with van der Waals surface area (Å²) in [7, 11) is -2.72. The summed E-state index contributed by atoms with van der Waals surface area (Å²) < 4.78 is 15.3. The lowest BCUT2D eigenvalue weighted by atomic mass is 9.93. The van der Waals surface area contributed by atoms with Crippen molar-refractivity contribution >= 4 is 29.5 Å². The first-order valence-electron chi connectivity index (χ1n) is 11.0. The molecule has 154 valence electrons. The summed E-state index contributed by atoms with van der Waals surface area (Å²) in [5, 5.41) is 2.07. The minimum Gasteiger partial charge on any atom is -0.313 e. The van der Waals surface area contributed by atoms with Crippen LogP contribution in [0.1, 0.15) is 52.9 Å². The van der Waals surface area contributed by atoms with E-state index >= 15 is 4.57 Å². The monoisotopic (exact) mass is 424 g/mol. The number of thioether (sulfide) groups is 1. The molecule has 0 spiro atoms. The molecule has 1 nitrogen and oxygen atoms in total. The maximum atomic E-state index is 15.0. The van der Waals surface area contributed by atoms with Gasteiger partial charge in [0.05, 0.1) is 0 Å². The Kier molecular flexibility index (Phi) is 6.14. The highest BCUT2D eigenvalue weighted by atomic mass is 32.2. The van der Waals surface area contributed by atoms with Gasteiger partial charge in [0.25, 0.3) is 0 Å². The highest BCUT2D eigenvalue weighted by molar-refractivity contribution is 8.04. The third-order valence-corrected chi connectivity index (χ3v) is 11.3. The molecular formula is C26H33OPS. The van der Waals surface area contributed by atoms with Gasteiger partial charge in [-0.3, -0.25) is 0 Å². The zero-order valence-electron chi connectivity index (χ0n) is 17.9. The minimum absolute atomic E-state index is 0.225. The summed E-state index contributed by atoms with van der Waals surface area (Å²) in [6, 6.07) is 20.6. The fourth-order valence-corrected chi connectivity index (χ4v) is 10.2. The van der Waals surface area contributed by atoms with Crippen molar-refractivity contribution in [1.82, 2.24) is 0 Å². The summed E-state index contributed by atoms with van der Waals surface area (Å²) >= 11 is 2.02. The zero-order chi connectivity index (χ0) is 20.5. The van der Waals surface area contributed by atoms with E-state index < -0.39 is 7.14 Å². The molecule has 0 heterocycles. The van der Waals surface area contributed by atoms with Gasteiger partial charge in [0.1, 0.15) is 7.14 Å². The summed E-state index contributed by atoms with van der Waals surface area (Å²) in [6.07, 6.45) is 8.37. The molecule has 2 aromatic rings. The van der Waals surface area contributed by atoms with E-state index in [2.05, 4.69) is 51.1 Å². The Hall–Kier alpha value is -1.24. The third-order valence-electron chi connectivity index (χ3n) is 6.39. The highest BCUT2D eigenvalue weighted by Crippen LogP contribution is 2.59. The van der Waals surface area contributed by atoms with Crippen LogP contribution in [0.25, 0.3) is 0 Å². The van der Waals surface area contributed by atoms with Crippen molar-refractivity contribution in [3.8, 4) is 0 Å². The van der Waals surface area contributed by atoms with Gasteiger partial charge in [-0.2, -0.15) is 0 Å². The molecule has 0 amide bonds. The third kappa shape index (κ3) is 4.44. The summed E-state index contributed by atoms with van der Waals surface area (Å²) in [6.45, 7) is 6.89. The first-order chi connectivity index (χ1) is 13.9. The van der Waals surface area contributed by atoms with E-state index in [1.165, 1.54) is 24.2 Å². The van der Waals surface area contributed by atoms with Crippen LogP contribution in [0.3, 0.4) is 0 Å². The molecule has 4 rings (SSSR count). The molecule has 2 aromatic carbocycles. The second kappa shape index (κ2) is 8.48. The van der Waals surface area contributed by atoms with E-state index in [0.29, 0.717) is 11.8 Å². The lowest BCUT2D eigenvalue weighted by Gasteiger charge is -2.34. The van der Waals surface area contributed by atoms with Crippen LogP contribution in [0.4, 0.5) is 0 Å². The highest BCUT2D eigenvalue weighted by Gasteiger charge is 2.46. The Morgan fingerprint density at radius 3 is 2.00 bits per heavy atom. The number of hydrogen-bond donors (Lipinski definition) is 0. The first-order valence-corrected chi connectivity index (χ1v) is 13.6. The van der Waals surface area contributed by atoms with E-state index in [0.717, 1.165) is 23.5 Å². The Morgan fingerprint density at radius 2 is 1.45 bits per heavy atom. The lowest BCUT2D eigenvalue weighted by molar-refractivity contribution is 0.422. The van der Waals surface area contributed by atoms with E-state index in [-0.39, 0.29) is 10.4 Å². The molecule has 0 bridgehead atoms. The summed E-state index contributed by atoms with van der Waals surface area (Å²) in [5.41, 5.74) is 0.231. The van der Waals surface area contributed by atoms with E-state index in [9.17, 15) is 0 Å². The molecule has 2 aliphatic rings. The second-order valence-electron chi connectivity index (χ2n) is 9.54. The number of rotatable bonds is 4. The molecule has 1 fully saturated rings. The van der Waals surface area contributed by atoms with Crippen LogP contribution in [0.15, 0.2) is 71.6 Å². The van der Waals surface area contributed by atoms with E-state index in [4.69, 9.17) is 0 Å². The maximum Gasteiger partial charge on any atom is 0.146 e. The molecule has 3 atom stereocenters. The Labute approximate surface area is 180 Å². The SMILES string of the molecule is CC(C)(C)SC1=C[C@H]2CCC[C@H]2[C@H](P(=O)(c2ccccc2)c2ccccc2)CC1. The molecule has 0 unspecified atom stereocenters. The molecule has 0 aliphatic heterocycles. The Bertz CT molecular complexity index is 854. The van der Waals surface area contributed by atoms with Gasteiger partial charge in [0.15, 0.2) is 0 Å². The fourth-order valence-electron chi connectivity index (χ4n) is 5.29. The van der Waals surface area contributed by atoms with Gasteiger partial charge in [-0.05, 0) is 42.4 Å². The predicted molar refractivity (Wildman–Crippen MR) is 129 cm³/mol. The number of benzene rings is 2. The average Bonchev–Trinajstić information content (AvgIpc) is 3.08. The number of fused-ring (bicyclic) bond motifs is 1. The van der Waals surface area contributed by atoms with Crippen LogP contribution < -0.4 is 10.6 Å². The van der Waals surface area contributed by atoms with Crippen LogP contribution in [0.2, 0.25) is 0 Å². The second-order valence-corrected chi connectivity index (χ2v) is 14.5. The Morgan fingerprint density at radius 1 is 0.862 bits per heavy atom. The lowest BCUT2D eigenvalue weighted by Crippen LogP contribution is -2.32. The van der Waals surface area contributed by atoms with Crippen molar-refractivity contribution in [2.75, 3.05) is 0 Å². The molecule has 0 saturated heterocycles. The number of hydrogen-bond acceptors (Lipinski definition) is 2. The first kappa shape index (κ1) is 21.0. The van der Waals surface area contributed by atoms with Crippen molar-refractivity contribution in [1.29, 1.82) is 0 Å². The summed E-state index contributed by atoms with van der Waals surface area (Å²) in [4.78, 5) is 1.52. The average molecular weight is 425 g/mol.